The van der Waals surface area contributed by atoms with Crippen LogP contribution in [0.25, 0.3) is 0 Å². The highest BCUT2D eigenvalue weighted by atomic mass is 16.6. The van der Waals surface area contributed by atoms with E-state index in [1.807, 2.05) is 30.3 Å². The summed E-state index contributed by atoms with van der Waals surface area (Å²) >= 11 is 0. The maximum atomic E-state index is 11.8. The van der Waals surface area contributed by atoms with Crippen LogP contribution in [0.4, 0.5) is 0 Å². The third-order valence-corrected chi connectivity index (χ3v) is 3.35. The van der Waals surface area contributed by atoms with Gasteiger partial charge in [-0.25, -0.2) is 0 Å². The first-order chi connectivity index (χ1) is 10.6. The third-order valence-electron chi connectivity index (χ3n) is 3.35. The van der Waals surface area contributed by atoms with Crippen molar-refractivity contribution in [1.82, 2.24) is 4.90 Å². The molecule has 1 fully saturated rings. The van der Waals surface area contributed by atoms with Crippen LogP contribution in [0.1, 0.15) is 18.4 Å². The summed E-state index contributed by atoms with van der Waals surface area (Å²) < 4.78 is 5.11. The molecule has 0 aromatic heterocycles. The number of carbonyl (C=O) groups excluding carboxylic acids is 2. The molecule has 1 aromatic carbocycles. The summed E-state index contributed by atoms with van der Waals surface area (Å²) in [4.78, 5) is 34.3. The van der Waals surface area contributed by atoms with E-state index in [2.05, 4.69) is 0 Å². The van der Waals surface area contributed by atoms with Gasteiger partial charge in [-0.05, 0) is 18.1 Å². The summed E-state index contributed by atoms with van der Waals surface area (Å²) in [6, 6.07) is 9.07. The van der Waals surface area contributed by atoms with E-state index in [-0.39, 0.29) is 25.1 Å². The van der Waals surface area contributed by atoms with Gasteiger partial charge in [0.1, 0.15) is 13.2 Å². The third kappa shape index (κ3) is 4.41. The lowest BCUT2D eigenvalue weighted by Crippen LogP contribution is -2.54. The zero-order chi connectivity index (χ0) is 15.9. The Morgan fingerprint density at radius 2 is 2.14 bits per heavy atom. The second-order valence-electron chi connectivity index (χ2n) is 4.93. The lowest BCUT2D eigenvalue weighted by Gasteiger charge is -2.39. The Labute approximate surface area is 127 Å². The van der Waals surface area contributed by atoms with Crippen molar-refractivity contribution in [2.24, 2.45) is 0 Å². The first-order valence-corrected chi connectivity index (χ1v) is 6.85. The first-order valence-electron chi connectivity index (χ1n) is 6.85. The molecule has 1 heterocycles. The Bertz CT molecular complexity index is 585. The van der Waals surface area contributed by atoms with E-state index in [9.17, 15) is 19.7 Å². The SMILES string of the molecule is O=C(CN1C(=O)CC1C/C=C/[N+](=O)[O-])OCc1ccccc1. The molecule has 1 aromatic rings. The summed E-state index contributed by atoms with van der Waals surface area (Å²) in [5, 5.41) is 10.2. The second-order valence-corrected chi connectivity index (χ2v) is 4.93. The zero-order valence-corrected chi connectivity index (χ0v) is 11.9. The number of benzene rings is 1. The standard InChI is InChI=1S/C15H16N2O5/c18-14-9-13(7-4-8-17(20)21)16(14)10-15(19)22-11-12-5-2-1-3-6-12/h1-6,8,13H,7,9-11H2/b8-4+. The molecule has 7 heteroatoms. The van der Waals surface area contributed by atoms with Gasteiger partial charge in [-0.3, -0.25) is 19.7 Å². The Kier molecular flexibility index (Phi) is 5.24. The van der Waals surface area contributed by atoms with E-state index in [1.165, 1.54) is 11.0 Å². The van der Waals surface area contributed by atoms with Crippen LogP contribution in [0.2, 0.25) is 0 Å². The van der Waals surface area contributed by atoms with Crippen LogP contribution in [-0.4, -0.2) is 34.3 Å². The summed E-state index contributed by atoms with van der Waals surface area (Å²) in [5.74, 6) is -0.628. The van der Waals surface area contributed by atoms with Crippen LogP contribution >= 0.6 is 0 Å². The number of hydrogen-bond acceptors (Lipinski definition) is 5. The lowest BCUT2D eigenvalue weighted by atomic mass is 9.98. The molecule has 0 bridgehead atoms. The molecule has 0 N–H and O–H groups in total. The molecular formula is C15H16N2O5. The maximum absolute atomic E-state index is 11.8. The average Bonchev–Trinajstić information content (AvgIpc) is 2.50. The van der Waals surface area contributed by atoms with Crippen molar-refractivity contribution in [3.05, 3.63) is 58.3 Å². The molecule has 116 valence electrons. The molecule has 0 saturated carbocycles. The molecule has 1 aliphatic rings. The van der Waals surface area contributed by atoms with Gasteiger partial charge in [-0.1, -0.05) is 30.3 Å². The van der Waals surface area contributed by atoms with E-state index in [0.717, 1.165) is 11.8 Å². The van der Waals surface area contributed by atoms with E-state index in [1.54, 1.807) is 0 Å². The van der Waals surface area contributed by atoms with Gasteiger partial charge in [0.15, 0.2) is 0 Å². The number of rotatable bonds is 7. The van der Waals surface area contributed by atoms with E-state index < -0.39 is 10.9 Å². The van der Waals surface area contributed by atoms with Crippen LogP contribution in [0.5, 0.6) is 0 Å². The number of hydrogen-bond donors (Lipinski definition) is 0. The van der Waals surface area contributed by atoms with Crippen LogP contribution in [0, 0.1) is 10.1 Å². The smallest absolute Gasteiger partial charge is 0.325 e. The Morgan fingerprint density at radius 1 is 1.41 bits per heavy atom. The van der Waals surface area contributed by atoms with E-state index >= 15 is 0 Å². The fourth-order valence-corrected chi connectivity index (χ4v) is 2.17. The van der Waals surface area contributed by atoms with Gasteiger partial charge in [0, 0.05) is 12.5 Å². The van der Waals surface area contributed by atoms with Crippen molar-refractivity contribution in [2.75, 3.05) is 6.54 Å². The molecule has 7 nitrogen and oxygen atoms in total. The summed E-state index contributed by atoms with van der Waals surface area (Å²) in [5.41, 5.74) is 0.872. The minimum Gasteiger partial charge on any atom is -0.459 e. The van der Waals surface area contributed by atoms with Gasteiger partial charge in [-0.2, -0.15) is 0 Å². The van der Waals surface area contributed by atoms with Crippen LogP contribution in [-0.2, 0) is 20.9 Å². The molecule has 2 rings (SSSR count). The highest BCUT2D eigenvalue weighted by Crippen LogP contribution is 2.22. The van der Waals surface area contributed by atoms with Gasteiger partial charge in [0.2, 0.25) is 12.1 Å². The fourth-order valence-electron chi connectivity index (χ4n) is 2.17. The monoisotopic (exact) mass is 304 g/mol. The highest BCUT2D eigenvalue weighted by molar-refractivity contribution is 5.87. The zero-order valence-electron chi connectivity index (χ0n) is 11.9. The number of nitro groups is 1. The fraction of sp³-hybridized carbons (Fsp3) is 0.333. The summed E-state index contributed by atoms with van der Waals surface area (Å²) in [6.45, 7) is 0.0379. The van der Waals surface area contributed by atoms with E-state index in [4.69, 9.17) is 4.74 Å². The lowest BCUT2D eigenvalue weighted by molar-refractivity contribution is -0.402. The molecule has 22 heavy (non-hydrogen) atoms. The highest BCUT2D eigenvalue weighted by Gasteiger charge is 2.36. The summed E-state index contributed by atoms with van der Waals surface area (Å²) in [7, 11) is 0. The second kappa shape index (κ2) is 7.35. The largest absolute Gasteiger partial charge is 0.459 e. The summed E-state index contributed by atoms with van der Waals surface area (Å²) in [6.07, 6.45) is 2.89. The van der Waals surface area contributed by atoms with Crippen LogP contribution in [0.15, 0.2) is 42.6 Å². The molecule has 0 radical (unpaired) electrons. The molecule has 1 atom stereocenters. The van der Waals surface area contributed by atoms with Crippen molar-refractivity contribution in [2.45, 2.75) is 25.5 Å². The van der Waals surface area contributed by atoms with Gasteiger partial charge in [-0.15, -0.1) is 0 Å². The average molecular weight is 304 g/mol. The number of amides is 1. The van der Waals surface area contributed by atoms with E-state index in [0.29, 0.717) is 12.8 Å². The molecule has 1 unspecified atom stereocenters. The normalized spacial score (nSPS) is 17.4. The predicted octanol–water partition coefficient (Wildman–Crippen LogP) is 1.51. The Morgan fingerprint density at radius 3 is 2.77 bits per heavy atom. The molecule has 1 amide bonds. The molecule has 0 spiro atoms. The van der Waals surface area contributed by atoms with Crippen molar-refractivity contribution in [1.29, 1.82) is 0 Å². The number of β-lactam (4-membered cyclic amide) rings is 1. The molecule has 1 aliphatic heterocycles. The van der Waals surface area contributed by atoms with Crippen molar-refractivity contribution in [3.8, 4) is 0 Å². The number of carbonyl (C=O) groups is 2. The van der Waals surface area contributed by atoms with Crippen molar-refractivity contribution < 1.29 is 19.2 Å². The van der Waals surface area contributed by atoms with Gasteiger partial charge in [0.05, 0.1) is 4.92 Å². The van der Waals surface area contributed by atoms with Gasteiger partial charge >= 0.3 is 5.97 Å². The number of esters is 1. The van der Waals surface area contributed by atoms with Gasteiger partial charge in [0.25, 0.3) is 0 Å². The molecular weight excluding hydrogens is 288 g/mol. The quantitative estimate of drug-likeness (QED) is 0.330. The molecule has 1 saturated heterocycles. The number of likely N-dealkylation sites (tertiary alicyclic amines) is 1. The molecule has 0 aliphatic carbocycles. The van der Waals surface area contributed by atoms with Crippen molar-refractivity contribution in [3.63, 3.8) is 0 Å². The Hall–Kier alpha value is -2.70. The minimum atomic E-state index is -0.557. The number of ether oxygens (including phenoxy) is 1. The Balaban J connectivity index is 1.77. The van der Waals surface area contributed by atoms with Crippen LogP contribution < -0.4 is 0 Å². The van der Waals surface area contributed by atoms with Crippen LogP contribution in [0.3, 0.4) is 0 Å². The van der Waals surface area contributed by atoms with Gasteiger partial charge < -0.3 is 9.64 Å². The maximum Gasteiger partial charge on any atom is 0.325 e. The predicted molar refractivity (Wildman–Crippen MR) is 77.1 cm³/mol. The number of nitrogens with zero attached hydrogens (tertiary/aromatic N) is 2. The first kappa shape index (κ1) is 15.7. The topological polar surface area (TPSA) is 89.8 Å². The minimum absolute atomic E-state index is 0.122. The van der Waals surface area contributed by atoms with Crippen molar-refractivity contribution >= 4 is 11.9 Å².